The lowest BCUT2D eigenvalue weighted by Gasteiger charge is -2.72. The van der Waals surface area contributed by atoms with Crippen LogP contribution in [0.5, 0.6) is 0 Å². The van der Waals surface area contributed by atoms with Crippen LogP contribution in [0.4, 0.5) is 0 Å². The van der Waals surface area contributed by atoms with E-state index >= 15 is 0 Å². The fourth-order valence-electron chi connectivity index (χ4n) is 13.0. The Balaban J connectivity index is 0.000000366. The van der Waals surface area contributed by atoms with Crippen molar-refractivity contribution in [3.05, 3.63) is 54.1 Å². The van der Waals surface area contributed by atoms with Gasteiger partial charge >= 0.3 is 5.97 Å². The van der Waals surface area contributed by atoms with Crippen molar-refractivity contribution in [1.29, 1.82) is 0 Å². The standard InChI is InChI=1S/C34H48O2.C7H12N2O2.C3H6.2C2H2/c1-30(2)24(22-9-11-23(12-10-22)29(35)36)15-18-32(4)27(30)16-19-34(6)28(32)14-13-26-25-8-7-17-31(25,3)20-21-33(26,34)5;10-6-8-3-5-9-4-1-2-7(9)11;1-3-2;2*1-2/h9-12,15,25-28H,7-8,13-14,16-21H2,1-6H3,(H,35,36);6H,1-5H2,(H,8,10);3H,1H2,2H3;2*1-2H/t25?,26-,27?,28?,31-,32+,33-,34-;;;;/m1..../s1. The molecule has 1 saturated heterocycles. The van der Waals surface area contributed by atoms with Crippen LogP contribution in [0.15, 0.2) is 43.0 Å². The van der Waals surface area contributed by atoms with E-state index in [-0.39, 0.29) is 11.3 Å². The number of carbonyl (C=O) groups excluding carboxylic acids is 2. The van der Waals surface area contributed by atoms with Crippen molar-refractivity contribution in [1.82, 2.24) is 10.2 Å². The summed E-state index contributed by atoms with van der Waals surface area (Å²) in [6, 6.07) is 7.64. The molecule has 6 nitrogen and oxygen atoms in total. The fraction of sp³-hybridized carbons (Fsp3) is 0.646. The molecule has 3 unspecified atom stereocenters. The molecule has 5 aliphatic carbocycles. The van der Waals surface area contributed by atoms with Crippen LogP contribution in [0.2, 0.25) is 0 Å². The number of hydrogen-bond acceptors (Lipinski definition) is 3. The predicted octanol–water partition coefficient (Wildman–Crippen LogP) is 10.3. The topological polar surface area (TPSA) is 86.7 Å². The van der Waals surface area contributed by atoms with E-state index in [2.05, 4.69) is 85.2 Å². The highest BCUT2D eigenvalue weighted by Gasteiger charge is 2.68. The highest BCUT2D eigenvalue weighted by molar-refractivity contribution is 5.88. The van der Waals surface area contributed by atoms with Crippen molar-refractivity contribution in [2.45, 2.75) is 126 Å². The molecule has 1 aliphatic heterocycles. The van der Waals surface area contributed by atoms with Crippen molar-refractivity contribution in [2.24, 2.45) is 50.7 Å². The second kappa shape index (κ2) is 18.2. The Kier molecular flexibility index (Phi) is 15.1. The molecule has 1 heterocycles. The molecule has 1 aromatic carbocycles. The normalized spacial score (nSPS) is 35.2. The number of rotatable bonds is 6. The Morgan fingerprint density at radius 3 is 2.11 bits per heavy atom. The molecular formula is C48H70N2O4. The van der Waals surface area contributed by atoms with Gasteiger partial charge in [-0.25, -0.2) is 4.79 Å². The first-order valence-corrected chi connectivity index (χ1v) is 20.4. The molecule has 5 fully saturated rings. The van der Waals surface area contributed by atoms with E-state index in [1.54, 1.807) is 23.1 Å². The number of carbonyl (C=O) groups is 3. The van der Waals surface area contributed by atoms with E-state index in [1.807, 2.05) is 19.1 Å². The summed E-state index contributed by atoms with van der Waals surface area (Å²) < 4.78 is 0. The van der Waals surface area contributed by atoms with E-state index in [1.165, 1.54) is 75.3 Å². The lowest BCUT2D eigenvalue weighted by Crippen LogP contribution is -2.64. The van der Waals surface area contributed by atoms with Gasteiger partial charge in [0.15, 0.2) is 0 Å². The van der Waals surface area contributed by atoms with E-state index in [4.69, 9.17) is 0 Å². The quantitative estimate of drug-likeness (QED) is 0.132. The van der Waals surface area contributed by atoms with Crippen molar-refractivity contribution in [3.63, 3.8) is 0 Å². The SMILES string of the molecule is C#C.C#C.C=CC.CC1(C)C(c2ccc(C(=O)O)cc2)=CC[C@@]2(C)C1CC[C@]1(C)C2CC[C@@H]2C3CCC[C@]3(C)CC[C@]21C.O=CNCCN1CCCC1=O. The van der Waals surface area contributed by atoms with Gasteiger partial charge in [-0.05, 0) is 145 Å². The zero-order valence-electron chi connectivity index (χ0n) is 34.6. The summed E-state index contributed by atoms with van der Waals surface area (Å²) in [5, 5.41) is 11.9. The third-order valence-corrected chi connectivity index (χ3v) is 15.6. The van der Waals surface area contributed by atoms with Crippen molar-refractivity contribution >= 4 is 23.9 Å². The van der Waals surface area contributed by atoms with Crippen LogP contribution in [0.3, 0.4) is 0 Å². The summed E-state index contributed by atoms with van der Waals surface area (Å²) in [7, 11) is 0. The number of carboxylic acid groups (broad SMARTS) is 1. The van der Waals surface area contributed by atoms with Crippen molar-refractivity contribution in [3.8, 4) is 25.7 Å². The van der Waals surface area contributed by atoms with Crippen LogP contribution in [0.25, 0.3) is 5.57 Å². The number of carboxylic acids is 1. The number of nitrogens with one attached hydrogen (secondary N) is 1. The van der Waals surface area contributed by atoms with Gasteiger partial charge in [0, 0.05) is 26.1 Å². The lowest BCUT2D eigenvalue weighted by molar-refractivity contribution is -0.221. The fourth-order valence-corrected chi connectivity index (χ4v) is 13.0. The molecule has 2 N–H and O–H groups in total. The Bertz CT molecular complexity index is 1530. The Morgan fingerprint density at radius 2 is 1.54 bits per heavy atom. The first-order chi connectivity index (χ1) is 25.6. The van der Waals surface area contributed by atoms with Crippen LogP contribution in [-0.4, -0.2) is 47.9 Å². The average Bonchev–Trinajstić information content (AvgIpc) is 3.75. The number of aromatic carboxylic acids is 1. The molecule has 0 radical (unpaired) electrons. The number of amides is 2. The highest BCUT2D eigenvalue weighted by Crippen LogP contribution is 2.77. The smallest absolute Gasteiger partial charge is 0.335 e. The molecule has 0 spiro atoms. The van der Waals surface area contributed by atoms with Gasteiger partial charge in [0.2, 0.25) is 12.3 Å². The van der Waals surface area contributed by atoms with Crippen LogP contribution < -0.4 is 5.32 Å². The zero-order valence-corrected chi connectivity index (χ0v) is 34.6. The van der Waals surface area contributed by atoms with Crippen LogP contribution in [0, 0.1) is 76.4 Å². The largest absolute Gasteiger partial charge is 0.478 e. The maximum atomic E-state index is 11.4. The van der Waals surface area contributed by atoms with Gasteiger partial charge in [-0.15, -0.1) is 32.3 Å². The van der Waals surface area contributed by atoms with Gasteiger partial charge in [-0.3, -0.25) is 9.59 Å². The molecule has 1 aromatic rings. The molecule has 2 amide bonds. The molecule has 0 aromatic heterocycles. The number of terminal acetylenes is 2. The monoisotopic (exact) mass is 739 g/mol. The van der Waals surface area contributed by atoms with Gasteiger partial charge in [0.25, 0.3) is 0 Å². The number of fused-ring (bicyclic) bond motifs is 7. The lowest BCUT2D eigenvalue weighted by atomic mass is 9.33. The number of hydrogen-bond donors (Lipinski definition) is 2. The molecule has 0 bridgehead atoms. The average molecular weight is 739 g/mol. The van der Waals surface area contributed by atoms with Gasteiger partial charge in [-0.2, -0.15) is 0 Å². The maximum Gasteiger partial charge on any atom is 0.335 e. The van der Waals surface area contributed by atoms with Gasteiger partial charge in [-0.1, -0.05) is 72.2 Å². The molecule has 6 heteroatoms. The van der Waals surface area contributed by atoms with Gasteiger partial charge in [0.05, 0.1) is 5.56 Å². The van der Waals surface area contributed by atoms with E-state index in [9.17, 15) is 19.5 Å². The minimum Gasteiger partial charge on any atom is -0.478 e. The number of allylic oxidation sites excluding steroid dienone is 3. The summed E-state index contributed by atoms with van der Waals surface area (Å²) in [5.74, 6) is 2.71. The van der Waals surface area contributed by atoms with E-state index < -0.39 is 5.97 Å². The second-order valence-electron chi connectivity index (χ2n) is 18.2. The Hall–Kier alpha value is -3.77. The van der Waals surface area contributed by atoms with Crippen molar-refractivity contribution < 1.29 is 19.5 Å². The Labute approximate surface area is 328 Å². The molecule has 296 valence electrons. The third-order valence-electron chi connectivity index (χ3n) is 15.6. The van der Waals surface area contributed by atoms with Gasteiger partial charge in [0.1, 0.15) is 0 Å². The number of nitrogens with zero attached hydrogens (tertiary/aromatic N) is 1. The minimum absolute atomic E-state index is 0.0907. The van der Waals surface area contributed by atoms with Crippen LogP contribution in [-0.2, 0) is 9.59 Å². The van der Waals surface area contributed by atoms with E-state index in [0.29, 0.717) is 59.1 Å². The second-order valence-corrected chi connectivity index (χ2v) is 18.2. The van der Waals surface area contributed by atoms with Gasteiger partial charge < -0.3 is 15.3 Å². The summed E-state index contributed by atoms with van der Waals surface area (Å²) in [4.78, 5) is 34.0. The van der Waals surface area contributed by atoms with E-state index in [0.717, 1.165) is 30.7 Å². The zero-order chi connectivity index (χ0) is 40.5. The van der Waals surface area contributed by atoms with Crippen LogP contribution in [0.1, 0.15) is 141 Å². The van der Waals surface area contributed by atoms with Crippen LogP contribution >= 0.6 is 0 Å². The summed E-state index contributed by atoms with van der Waals surface area (Å²) in [5.41, 5.74) is 5.00. The van der Waals surface area contributed by atoms with Crippen molar-refractivity contribution in [2.75, 3.05) is 19.6 Å². The highest BCUT2D eigenvalue weighted by atomic mass is 16.4. The summed E-state index contributed by atoms with van der Waals surface area (Å²) in [6.07, 6.45) is 36.6. The minimum atomic E-state index is -0.845. The number of benzene rings is 1. The number of likely N-dealkylation sites (tertiary alicyclic amines) is 1. The molecule has 54 heavy (non-hydrogen) atoms. The Morgan fingerprint density at radius 1 is 0.889 bits per heavy atom. The first kappa shape index (κ1) is 44.6. The molecular weight excluding hydrogens is 669 g/mol. The molecule has 8 atom stereocenters. The third kappa shape index (κ3) is 8.10. The molecule has 6 aliphatic rings. The molecule has 4 saturated carbocycles. The molecule has 7 rings (SSSR count). The summed E-state index contributed by atoms with van der Waals surface area (Å²) in [6.45, 7) is 23.0. The predicted molar refractivity (Wildman–Crippen MR) is 223 cm³/mol. The maximum absolute atomic E-state index is 11.4. The first-order valence-electron chi connectivity index (χ1n) is 20.4. The summed E-state index contributed by atoms with van der Waals surface area (Å²) >= 11 is 0.